The number of hydrogen-bond donors (Lipinski definition) is 3. The standard InChI is InChI=1S/C13H16FN5O2/c14-10-3-8(13(15)18-20)4-11-12(10)21-2-1-19(11)6-9-5-16-7-17-9/h3-4,7,9,20H,1-2,5-6H2,(H2,15,18)(H,16,17). The molecule has 4 N–H and O–H groups in total. The molecule has 2 aliphatic rings. The van der Waals surface area contributed by atoms with Gasteiger partial charge in [0.25, 0.3) is 0 Å². The van der Waals surface area contributed by atoms with Crippen LogP contribution in [0.5, 0.6) is 5.75 Å². The maximum atomic E-state index is 14.1. The Balaban J connectivity index is 1.92. The molecule has 1 aromatic rings. The molecule has 2 aliphatic heterocycles. The van der Waals surface area contributed by atoms with Gasteiger partial charge >= 0.3 is 0 Å². The Morgan fingerprint density at radius 2 is 2.48 bits per heavy atom. The Bertz CT molecular complexity index is 596. The van der Waals surface area contributed by atoms with Crippen LogP contribution in [0.25, 0.3) is 0 Å². The first-order chi connectivity index (χ1) is 10.2. The molecule has 1 aromatic carbocycles. The maximum Gasteiger partial charge on any atom is 0.178 e. The van der Waals surface area contributed by atoms with Gasteiger partial charge in [-0.3, -0.25) is 4.99 Å². The van der Waals surface area contributed by atoms with Crippen LogP contribution >= 0.6 is 0 Å². The summed E-state index contributed by atoms with van der Waals surface area (Å²) in [6, 6.07) is 3.06. The lowest BCUT2D eigenvalue weighted by atomic mass is 10.1. The molecule has 1 unspecified atom stereocenters. The number of nitrogens with zero attached hydrogens (tertiary/aromatic N) is 3. The molecule has 0 spiro atoms. The van der Waals surface area contributed by atoms with Gasteiger partial charge in [0, 0.05) is 12.1 Å². The van der Waals surface area contributed by atoms with E-state index >= 15 is 0 Å². The van der Waals surface area contributed by atoms with Crippen LogP contribution in [0.15, 0.2) is 22.3 Å². The molecular formula is C13H16FN5O2. The quantitative estimate of drug-likeness (QED) is 0.318. The van der Waals surface area contributed by atoms with Crippen molar-refractivity contribution in [2.45, 2.75) is 6.04 Å². The average Bonchev–Trinajstić information content (AvgIpc) is 3.00. The lowest BCUT2D eigenvalue weighted by Crippen LogP contribution is -2.43. The lowest BCUT2D eigenvalue weighted by Gasteiger charge is -2.33. The van der Waals surface area contributed by atoms with Crippen molar-refractivity contribution in [1.29, 1.82) is 0 Å². The first-order valence-electron chi connectivity index (χ1n) is 6.62. The summed E-state index contributed by atoms with van der Waals surface area (Å²) in [6.45, 7) is 2.43. The molecule has 112 valence electrons. The fourth-order valence-corrected chi connectivity index (χ4v) is 2.50. The molecular weight excluding hydrogens is 277 g/mol. The van der Waals surface area contributed by atoms with E-state index in [2.05, 4.69) is 15.5 Å². The van der Waals surface area contributed by atoms with Crippen LogP contribution in [0, 0.1) is 5.82 Å². The van der Waals surface area contributed by atoms with Gasteiger partial charge in [0.05, 0.1) is 31.2 Å². The summed E-state index contributed by atoms with van der Waals surface area (Å²) < 4.78 is 19.5. The molecule has 0 saturated heterocycles. The van der Waals surface area contributed by atoms with Crippen molar-refractivity contribution in [3.05, 3.63) is 23.5 Å². The lowest BCUT2D eigenvalue weighted by molar-refractivity contribution is 0.290. The van der Waals surface area contributed by atoms with Gasteiger partial charge in [-0.25, -0.2) is 4.39 Å². The molecule has 0 aromatic heterocycles. The van der Waals surface area contributed by atoms with E-state index < -0.39 is 5.82 Å². The SMILES string of the molecule is N/C(=N\O)c1cc(F)c2c(c1)N(CC1CN=CN1)CCO2. The number of nitrogens with two attached hydrogens (primary N) is 1. The van der Waals surface area contributed by atoms with E-state index in [1.807, 2.05) is 4.90 Å². The van der Waals surface area contributed by atoms with Crippen LogP contribution in [0.2, 0.25) is 0 Å². The van der Waals surface area contributed by atoms with Crippen molar-refractivity contribution < 1.29 is 14.3 Å². The van der Waals surface area contributed by atoms with E-state index in [9.17, 15) is 4.39 Å². The second-order valence-electron chi connectivity index (χ2n) is 4.94. The van der Waals surface area contributed by atoms with Crippen molar-refractivity contribution in [2.75, 3.05) is 31.1 Å². The topological polar surface area (TPSA) is 95.5 Å². The Morgan fingerprint density at radius 1 is 1.62 bits per heavy atom. The fraction of sp³-hybridized carbons (Fsp3) is 0.385. The number of amidine groups is 1. The van der Waals surface area contributed by atoms with Crippen LogP contribution < -0.4 is 20.7 Å². The molecule has 0 saturated carbocycles. The van der Waals surface area contributed by atoms with Gasteiger partial charge in [-0.1, -0.05) is 5.16 Å². The summed E-state index contributed by atoms with van der Waals surface area (Å²) in [4.78, 5) is 6.14. The van der Waals surface area contributed by atoms with Gasteiger partial charge in [0.15, 0.2) is 17.4 Å². The first kappa shape index (κ1) is 13.5. The third-order valence-electron chi connectivity index (χ3n) is 3.54. The zero-order valence-corrected chi connectivity index (χ0v) is 11.3. The normalized spacial score (nSPS) is 20.9. The molecule has 7 nitrogen and oxygen atoms in total. The van der Waals surface area contributed by atoms with Gasteiger partial charge in [-0.15, -0.1) is 0 Å². The minimum absolute atomic E-state index is 0.135. The minimum atomic E-state index is -0.519. The maximum absolute atomic E-state index is 14.1. The monoisotopic (exact) mass is 293 g/mol. The Labute approximate surface area is 120 Å². The number of hydrogen-bond acceptors (Lipinski definition) is 6. The number of rotatable bonds is 3. The highest BCUT2D eigenvalue weighted by atomic mass is 19.1. The highest BCUT2D eigenvalue weighted by molar-refractivity contribution is 5.98. The molecule has 0 fully saturated rings. The molecule has 8 heteroatoms. The molecule has 21 heavy (non-hydrogen) atoms. The van der Waals surface area contributed by atoms with Crippen molar-refractivity contribution >= 4 is 17.9 Å². The highest BCUT2D eigenvalue weighted by Gasteiger charge is 2.25. The molecule has 3 rings (SSSR count). The second kappa shape index (κ2) is 5.47. The fourth-order valence-electron chi connectivity index (χ4n) is 2.50. The summed E-state index contributed by atoms with van der Waals surface area (Å²) in [5, 5.41) is 14.8. The first-order valence-corrected chi connectivity index (χ1v) is 6.62. The number of nitrogens with one attached hydrogen (secondary N) is 1. The van der Waals surface area contributed by atoms with Crippen molar-refractivity contribution in [3.63, 3.8) is 0 Å². The third kappa shape index (κ3) is 2.56. The van der Waals surface area contributed by atoms with Crippen LogP contribution in [0.1, 0.15) is 5.56 Å². The van der Waals surface area contributed by atoms with E-state index in [1.54, 1.807) is 12.4 Å². The molecule has 0 radical (unpaired) electrons. The van der Waals surface area contributed by atoms with E-state index in [0.717, 1.165) is 0 Å². The third-order valence-corrected chi connectivity index (χ3v) is 3.54. The summed E-state index contributed by atoms with van der Waals surface area (Å²) in [7, 11) is 0. The summed E-state index contributed by atoms with van der Waals surface area (Å²) in [5.41, 5.74) is 6.47. The van der Waals surface area contributed by atoms with Gasteiger partial charge < -0.3 is 25.9 Å². The number of oxime groups is 1. The average molecular weight is 293 g/mol. The Hall–Kier alpha value is -2.51. The Kier molecular flexibility index (Phi) is 3.51. The predicted molar refractivity (Wildman–Crippen MR) is 76.9 cm³/mol. The molecule has 2 heterocycles. The number of aliphatic imine (C=N–C) groups is 1. The van der Waals surface area contributed by atoms with E-state index in [4.69, 9.17) is 15.7 Å². The van der Waals surface area contributed by atoms with Crippen LogP contribution in [-0.2, 0) is 0 Å². The predicted octanol–water partition coefficient (Wildman–Crippen LogP) is 0.119. The summed E-state index contributed by atoms with van der Waals surface area (Å²) in [5.74, 6) is -0.450. The van der Waals surface area contributed by atoms with E-state index in [-0.39, 0.29) is 17.6 Å². The molecule has 0 aliphatic carbocycles. The summed E-state index contributed by atoms with van der Waals surface area (Å²) in [6.07, 6.45) is 1.68. The van der Waals surface area contributed by atoms with Gasteiger partial charge in [-0.2, -0.15) is 0 Å². The second-order valence-corrected chi connectivity index (χ2v) is 4.94. The van der Waals surface area contributed by atoms with Crippen molar-refractivity contribution in [2.24, 2.45) is 15.9 Å². The van der Waals surface area contributed by atoms with Crippen molar-refractivity contribution in [3.8, 4) is 5.75 Å². The zero-order chi connectivity index (χ0) is 14.8. The van der Waals surface area contributed by atoms with Crippen LogP contribution in [-0.4, -0.2) is 49.7 Å². The van der Waals surface area contributed by atoms with Crippen molar-refractivity contribution in [1.82, 2.24) is 5.32 Å². The van der Waals surface area contributed by atoms with E-state index in [1.165, 1.54) is 6.07 Å². The van der Waals surface area contributed by atoms with Gasteiger partial charge in [0.1, 0.15) is 6.61 Å². The van der Waals surface area contributed by atoms with Gasteiger partial charge in [-0.05, 0) is 12.1 Å². The van der Waals surface area contributed by atoms with Crippen LogP contribution in [0.3, 0.4) is 0 Å². The molecule has 0 amide bonds. The minimum Gasteiger partial charge on any atom is -0.486 e. The van der Waals surface area contributed by atoms with Crippen LogP contribution in [0.4, 0.5) is 10.1 Å². The Morgan fingerprint density at radius 3 is 3.19 bits per heavy atom. The number of fused-ring (bicyclic) bond motifs is 1. The number of ether oxygens (including phenoxy) is 1. The molecule has 1 atom stereocenters. The smallest absolute Gasteiger partial charge is 0.178 e. The summed E-state index contributed by atoms with van der Waals surface area (Å²) >= 11 is 0. The molecule has 0 bridgehead atoms. The highest BCUT2D eigenvalue weighted by Crippen LogP contribution is 2.35. The number of anilines is 1. The zero-order valence-electron chi connectivity index (χ0n) is 11.3. The number of halogens is 1. The van der Waals surface area contributed by atoms with E-state index in [0.29, 0.717) is 37.5 Å². The number of benzene rings is 1. The van der Waals surface area contributed by atoms with Gasteiger partial charge in [0.2, 0.25) is 0 Å². The largest absolute Gasteiger partial charge is 0.486 e.